The minimum absolute atomic E-state index is 0.0128. The van der Waals surface area contributed by atoms with Gasteiger partial charge in [0.2, 0.25) is 0 Å². The van der Waals surface area contributed by atoms with E-state index in [1.807, 2.05) is 0 Å². The molecule has 2 amide bonds. The fourth-order valence-corrected chi connectivity index (χ4v) is 3.21. The summed E-state index contributed by atoms with van der Waals surface area (Å²) in [7, 11) is 1.64. The molecule has 0 unspecified atom stereocenters. The molecule has 0 aromatic carbocycles. The molecule has 1 aliphatic carbocycles. The van der Waals surface area contributed by atoms with Crippen LogP contribution in [0, 0.1) is 11.3 Å². The number of carboxylic acid groups (broad SMARTS) is 1. The summed E-state index contributed by atoms with van der Waals surface area (Å²) in [6, 6.07) is -0.165. The Morgan fingerprint density at radius 1 is 1.30 bits per heavy atom. The topological polar surface area (TPSA) is 69.6 Å². The number of amides is 2. The van der Waals surface area contributed by atoms with E-state index in [1.54, 1.807) is 7.05 Å². The van der Waals surface area contributed by atoms with Crippen LogP contribution < -0.4 is 5.32 Å². The summed E-state index contributed by atoms with van der Waals surface area (Å²) in [6.45, 7) is 5.40. The van der Waals surface area contributed by atoms with Crippen molar-refractivity contribution in [2.75, 3.05) is 20.1 Å². The number of nitrogens with zero attached hydrogens (tertiary/aromatic N) is 1. The highest BCUT2D eigenvalue weighted by Crippen LogP contribution is 2.42. The Kier molecular flexibility index (Phi) is 6.30. The number of urea groups is 1. The van der Waals surface area contributed by atoms with E-state index in [0.29, 0.717) is 12.5 Å². The molecule has 0 heterocycles. The van der Waals surface area contributed by atoms with Crippen LogP contribution in [0.2, 0.25) is 0 Å². The summed E-state index contributed by atoms with van der Waals surface area (Å²) < 4.78 is 0. The quantitative estimate of drug-likeness (QED) is 0.755. The molecule has 0 aromatic rings. The average Bonchev–Trinajstić information content (AvgIpc) is 2.81. The van der Waals surface area contributed by atoms with Crippen molar-refractivity contribution in [2.45, 2.75) is 52.4 Å². The SMILES string of the molecule is CC(C)CC1(CNC(=O)N(C)CCC(=O)O)CCCC1. The van der Waals surface area contributed by atoms with E-state index in [2.05, 4.69) is 19.2 Å². The molecule has 2 N–H and O–H groups in total. The van der Waals surface area contributed by atoms with Crippen LogP contribution in [0.5, 0.6) is 0 Å². The lowest BCUT2D eigenvalue weighted by molar-refractivity contribution is -0.137. The maximum atomic E-state index is 12.0. The van der Waals surface area contributed by atoms with Gasteiger partial charge in [-0.1, -0.05) is 26.7 Å². The normalized spacial score (nSPS) is 17.2. The second-order valence-corrected chi connectivity index (χ2v) is 6.53. The monoisotopic (exact) mass is 284 g/mol. The zero-order chi connectivity index (χ0) is 15.2. The number of carboxylic acids is 1. The third-order valence-corrected chi connectivity index (χ3v) is 4.13. The van der Waals surface area contributed by atoms with Crippen LogP contribution in [0.1, 0.15) is 52.4 Å². The van der Waals surface area contributed by atoms with Crippen LogP contribution in [0.25, 0.3) is 0 Å². The van der Waals surface area contributed by atoms with Gasteiger partial charge < -0.3 is 15.3 Å². The third kappa shape index (κ3) is 5.39. The maximum absolute atomic E-state index is 12.0. The van der Waals surface area contributed by atoms with Crippen LogP contribution in [-0.2, 0) is 4.79 Å². The van der Waals surface area contributed by atoms with E-state index in [0.717, 1.165) is 6.42 Å². The largest absolute Gasteiger partial charge is 0.481 e. The average molecular weight is 284 g/mol. The van der Waals surface area contributed by atoms with Crippen molar-refractivity contribution in [1.82, 2.24) is 10.2 Å². The van der Waals surface area contributed by atoms with Crippen LogP contribution in [0.3, 0.4) is 0 Å². The Bertz CT molecular complexity index is 336. The van der Waals surface area contributed by atoms with Crippen LogP contribution >= 0.6 is 0 Å². The Morgan fingerprint density at radius 2 is 1.90 bits per heavy atom. The first-order valence-electron chi connectivity index (χ1n) is 7.55. The number of carbonyl (C=O) groups excluding carboxylic acids is 1. The zero-order valence-electron chi connectivity index (χ0n) is 12.9. The summed E-state index contributed by atoms with van der Waals surface area (Å²) in [6.07, 6.45) is 6.00. The first kappa shape index (κ1) is 16.8. The molecule has 1 rings (SSSR count). The fraction of sp³-hybridized carbons (Fsp3) is 0.867. The number of hydrogen-bond donors (Lipinski definition) is 2. The van der Waals surface area contributed by atoms with Gasteiger partial charge in [-0.2, -0.15) is 0 Å². The van der Waals surface area contributed by atoms with Crippen LogP contribution in [-0.4, -0.2) is 42.1 Å². The Balaban J connectivity index is 2.42. The second kappa shape index (κ2) is 7.50. The molecular weight excluding hydrogens is 256 g/mol. The van der Waals surface area contributed by atoms with Crippen molar-refractivity contribution >= 4 is 12.0 Å². The number of hydrogen-bond acceptors (Lipinski definition) is 2. The lowest BCUT2D eigenvalue weighted by Gasteiger charge is -2.32. The number of rotatable bonds is 7. The van der Waals surface area contributed by atoms with Gasteiger partial charge in [0.05, 0.1) is 6.42 Å². The van der Waals surface area contributed by atoms with E-state index < -0.39 is 5.97 Å². The Hall–Kier alpha value is -1.26. The highest BCUT2D eigenvalue weighted by atomic mass is 16.4. The summed E-state index contributed by atoms with van der Waals surface area (Å²) in [5.41, 5.74) is 0.247. The van der Waals surface area contributed by atoms with Gasteiger partial charge in [0.15, 0.2) is 0 Å². The third-order valence-electron chi connectivity index (χ3n) is 4.13. The second-order valence-electron chi connectivity index (χ2n) is 6.53. The summed E-state index contributed by atoms with van der Waals surface area (Å²) in [5.74, 6) is -0.244. The van der Waals surface area contributed by atoms with E-state index in [-0.39, 0.29) is 24.4 Å². The summed E-state index contributed by atoms with van der Waals surface area (Å²) in [4.78, 5) is 23.9. The number of aliphatic carboxylic acids is 1. The molecule has 1 saturated carbocycles. The van der Waals surface area contributed by atoms with Gasteiger partial charge in [0.1, 0.15) is 0 Å². The van der Waals surface area contributed by atoms with Crippen molar-refractivity contribution < 1.29 is 14.7 Å². The minimum Gasteiger partial charge on any atom is -0.481 e. The molecule has 0 aliphatic heterocycles. The lowest BCUT2D eigenvalue weighted by atomic mass is 9.78. The maximum Gasteiger partial charge on any atom is 0.317 e. The van der Waals surface area contributed by atoms with Crippen LogP contribution in [0.15, 0.2) is 0 Å². The smallest absolute Gasteiger partial charge is 0.317 e. The highest BCUT2D eigenvalue weighted by Gasteiger charge is 2.34. The fourth-order valence-electron chi connectivity index (χ4n) is 3.21. The van der Waals surface area contributed by atoms with E-state index in [1.165, 1.54) is 30.6 Å². The highest BCUT2D eigenvalue weighted by molar-refractivity contribution is 5.75. The molecule has 5 heteroatoms. The minimum atomic E-state index is -0.878. The molecule has 0 radical (unpaired) electrons. The number of carbonyl (C=O) groups is 2. The zero-order valence-corrected chi connectivity index (χ0v) is 12.9. The van der Waals surface area contributed by atoms with Gasteiger partial charge in [-0.05, 0) is 30.6 Å². The van der Waals surface area contributed by atoms with Crippen molar-refractivity contribution in [2.24, 2.45) is 11.3 Å². The molecule has 1 aliphatic rings. The molecule has 0 atom stereocenters. The van der Waals surface area contributed by atoms with Gasteiger partial charge in [-0.25, -0.2) is 4.79 Å². The van der Waals surface area contributed by atoms with E-state index in [9.17, 15) is 9.59 Å². The molecule has 0 spiro atoms. The summed E-state index contributed by atoms with van der Waals surface area (Å²) in [5, 5.41) is 11.6. The van der Waals surface area contributed by atoms with Gasteiger partial charge >= 0.3 is 12.0 Å². The van der Waals surface area contributed by atoms with Gasteiger partial charge in [0, 0.05) is 20.1 Å². The first-order chi connectivity index (χ1) is 9.34. The van der Waals surface area contributed by atoms with E-state index in [4.69, 9.17) is 5.11 Å². The Labute approximate surface area is 121 Å². The van der Waals surface area contributed by atoms with Crippen molar-refractivity contribution in [3.63, 3.8) is 0 Å². The van der Waals surface area contributed by atoms with Gasteiger partial charge in [-0.15, -0.1) is 0 Å². The lowest BCUT2D eigenvalue weighted by Crippen LogP contribution is -2.43. The molecule has 0 bridgehead atoms. The van der Waals surface area contributed by atoms with Crippen molar-refractivity contribution in [1.29, 1.82) is 0 Å². The number of nitrogens with one attached hydrogen (secondary N) is 1. The van der Waals surface area contributed by atoms with E-state index >= 15 is 0 Å². The predicted molar refractivity (Wildman–Crippen MR) is 78.6 cm³/mol. The Morgan fingerprint density at radius 3 is 2.40 bits per heavy atom. The molecule has 0 saturated heterocycles. The molecule has 5 nitrogen and oxygen atoms in total. The molecular formula is C15H28N2O3. The van der Waals surface area contributed by atoms with Gasteiger partial charge in [-0.3, -0.25) is 4.79 Å². The van der Waals surface area contributed by atoms with Gasteiger partial charge in [0.25, 0.3) is 0 Å². The molecule has 116 valence electrons. The predicted octanol–water partition coefficient (Wildman–Crippen LogP) is 2.71. The molecule has 1 fully saturated rings. The van der Waals surface area contributed by atoms with Crippen LogP contribution in [0.4, 0.5) is 4.79 Å². The summed E-state index contributed by atoms with van der Waals surface area (Å²) >= 11 is 0. The molecule has 20 heavy (non-hydrogen) atoms. The molecule has 0 aromatic heterocycles. The van der Waals surface area contributed by atoms with Crippen molar-refractivity contribution in [3.05, 3.63) is 0 Å². The standard InChI is InChI=1S/C15H28N2O3/c1-12(2)10-15(7-4-5-8-15)11-16-14(20)17(3)9-6-13(18)19/h12H,4-11H2,1-3H3,(H,16,20)(H,18,19). The van der Waals surface area contributed by atoms with Crippen molar-refractivity contribution in [3.8, 4) is 0 Å². The first-order valence-corrected chi connectivity index (χ1v) is 7.55.